The third kappa shape index (κ3) is 4.89. The Morgan fingerprint density at radius 3 is 2.40 bits per heavy atom. The molecule has 0 unspecified atom stereocenters. The zero-order valence-corrected chi connectivity index (χ0v) is 14.5. The van der Waals surface area contributed by atoms with E-state index in [1.807, 2.05) is 20.9 Å². The molecule has 0 aliphatic carbocycles. The number of carboxylic acids is 1. The van der Waals surface area contributed by atoms with Gasteiger partial charge in [0.15, 0.2) is 0 Å². The highest BCUT2D eigenvalue weighted by Gasteiger charge is 2.20. The monoisotopic (exact) mass is 347 g/mol. The number of rotatable bonds is 7. The van der Waals surface area contributed by atoms with Crippen LogP contribution in [0.5, 0.6) is 0 Å². The Morgan fingerprint density at radius 1 is 1.24 bits per heavy atom. The summed E-state index contributed by atoms with van der Waals surface area (Å²) in [5.41, 5.74) is 3.40. The maximum atomic E-state index is 13.1. The van der Waals surface area contributed by atoms with E-state index in [1.54, 1.807) is 4.68 Å². The molecule has 25 heavy (non-hydrogen) atoms. The van der Waals surface area contributed by atoms with Gasteiger partial charge in [-0.15, -0.1) is 0 Å². The molecule has 6 nitrogen and oxygen atoms in total. The second-order valence-electron chi connectivity index (χ2n) is 6.10. The van der Waals surface area contributed by atoms with Crippen LogP contribution in [0.1, 0.15) is 41.3 Å². The van der Waals surface area contributed by atoms with Crippen LogP contribution in [-0.4, -0.2) is 26.8 Å². The second kappa shape index (κ2) is 7.92. The average molecular weight is 347 g/mol. The first-order valence-corrected chi connectivity index (χ1v) is 8.01. The number of benzene rings is 1. The summed E-state index contributed by atoms with van der Waals surface area (Å²) >= 11 is 0. The molecule has 0 saturated carbocycles. The third-order valence-electron chi connectivity index (χ3n) is 4.32. The van der Waals surface area contributed by atoms with Gasteiger partial charge < -0.3 is 10.4 Å². The predicted octanol–water partition coefficient (Wildman–Crippen LogP) is 2.44. The van der Waals surface area contributed by atoms with E-state index >= 15 is 0 Å². The highest BCUT2D eigenvalue weighted by molar-refractivity contribution is 5.78. The number of carbonyl (C=O) groups is 2. The summed E-state index contributed by atoms with van der Waals surface area (Å²) in [7, 11) is 1.84. The quantitative estimate of drug-likeness (QED) is 0.806. The fourth-order valence-electron chi connectivity index (χ4n) is 2.81. The summed E-state index contributed by atoms with van der Waals surface area (Å²) in [6, 6.07) is 5.58. The van der Waals surface area contributed by atoms with Gasteiger partial charge in [-0.25, -0.2) is 4.39 Å². The lowest BCUT2D eigenvalue weighted by Gasteiger charge is -2.15. The number of aryl methyl sites for hydroxylation is 2. The van der Waals surface area contributed by atoms with Crippen LogP contribution in [-0.2, 0) is 23.2 Å². The molecule has 1 amide bonds. The van der Waals surface area contributed by atoms with Gasteiger partial charge in [0.25, 0.3) is 0 Å². The largest absolute Gasteiger partial charge is 0.481 e. The first-order valence-electron chi connectivity index (χ1n) is 8.01. The van der Waals surface area contributed by atoms with Crippen molar-refractivity contribution >= 4 is 11.9 Å². The number of halogens is 1. The van der Waals surface area contributed by atoms with Crippen LogP contribution in [0.4, 0.5) is 4.39 Å². The molecule has 2 aromatic rings. The lowest BCUT2D eigenvalue weighted by Crippen LogP contribution is -2.26. The Balaban J connectivity index is 2.04. The summed E-state index contributed by atoms with van der Waals surface area (Å²) in [6.07, 6.45) is -0.166. The number of aromatic nitrogens is 2. The van der Waals surface area contributed by atoms with Gasteiger partial charge in [-0.2, -0.15) is 5.10 Å². The summed E-state index contributed by atoms with van der Waals surface area (Å²) in [4.78, 5) is 23.4. The minimum absolute atomic E-state index is 0.0241. The summed E-state index contributed by atoms with van der Waals surface area (Å²) in [5.74, 6) is -2.15. The van der Waals surface area contributed by atoms with E-state index < -0.39 is 17.7 Å². The predicted molar refractivity (Wildman–Crippen MR) is 90.5 cm³/mol. The van der Waals surface area contributed by atoms with Gasteiger partial charge in [-0.3, -0.25) is 14.3 Å². The number of nitrogens with zero attached hydrogens (tertiary/aromatic N) is 2. The molecule has 0 fully saturated rings. The van der Waals surface area contributed by atoms with Crippen molar-refractivity contribution in [3.05, 3.63) is 52.6 Å². The van der Waals surface area contributed by atoms with E-state index in [2.05, 4.69) is 10.4 Å². The van der Waals surface area contributed by atoms with Gasteiger partial charge in [0.05, 0.1) is 12.1 Å². The van der Waals surface area contributed by atoms with E-state index in [0.717, 1.165) is 17.0 Å². The molecule has 0 aliphatic heterocycles. The van der Waals surface area contributed by atoms with Crippen molar-refractivity contribution in [1.82, 2.24) is 15.1 Å². The Bertz CT molecular complexity index is 769. The number of amides is 1. The van der Waals surface area contributed by atoms with Crippen LogP contribution in [0, 0.1) is 19.7 Å². The van der Waals surface area contributed by atoms with Gasteiger partial charge in [-0.05, 0) is 31.5 Å². The normalized spacial score (nSPS) is 12.0. The van der Waals surface area contributed by atoms with Crippen LogP contribution in [0.3, 0.4) is 0 Å². The van der Waals surface area contributed by atoms with Gasteiger partial charge >= 0.3 is 5.97 Å². The number of hydrogen-bond acceptors (Lipinski definition) is 3. The minimum atomic E-state index is -0.999. The van der Waals surface area contributed by atoms with Crippen molar-refractivity contribution in [3.63, 3.8) is 0 Å². The molecule has 1 heterocycles. The van der Waals surface area contributed by atoms with Crippen molar-refractivity contribution in [2.75, 3.05) is 0 Å². The molecular formula is C18H22FN3O3. The van der Waals surface area contributed by atoms with Crippen molar-refractivity contribution in [3.8, 4) is 0 Å². The first-order chi connectivity index (χ1) is 11.8. The van der Waals surface area contributed by atoms with Crippen LogP contribution < -0.4 is 5.32 Å². The summed E-state index contributed by atoms with van der Waals surface area (Å²) in [6.45, 7) is 4.14. The lowest BCUT2D eigenvalue weighted by molar-refractivity contribution is -0.137. The van der Waals surface area contributed by atoms with Crippen LogP contribution in [0.2, 0.25) is 0 Å². The molecule has 2 N–H and O–H groups in total. The molecular weight excluding hydrogens is 325 g/mol. The van der Waals surface area contributed by atoms with E-state index in [0.29, 0.717) is 12.1 Å². The Morgan fingerprint density at radius 2 is 1.88 bits per heavy atom. The molecule has 1 atom stereocenters. The zero-order valence-electron chi connectivity index (χ0n) is 14.5. The van der Waals surface area contributed by atoms with E-state index in [-0.39, 0.29) is 18.7 Å². The molecule has 0 radical (unpaired) electrons. The molecule has 1 aromatic heterocycles. The number of carboxylic acid groups (broad SMARTS) is 1. The topological polar surface area (TPSA) is 84.2 Å². The minimum Gasteiger partial charge on any atom is -0.481 e. The van der Waals surface area contributed by atoms with Crippen molar-refractivity contribution in [1.29, 1.82) is 0 Å². The maximum Gasteiger partial charge on any atom is 0.303 e. The maximum absolute atomic E-state index is 13.1. The Labute approximate surface area is 145 Å². The molecule has 2 rings (SSSR count). The number of aliphatic carboxylic acids is 1. The lowest BCUT2D eigenvalue weighted by atomic mass is 9.92. The van der Waals surface area contributed by atoms with Crippen molar-refractivity contribution < 1.29 is 19.1 Å². The summed E-state index contributed by atoms with van der Waals surface area (Å²) < 4.78 is 14.8. The van der Waals surface area contributed by atoms with Crippen LogP contribution in [0.15, 0.2) is 24.3 Å². The van der Waals surface area contributed by atoms with E-state index in [1.165, 1.54) is 24.3 Å². The highest BCUT2D eigenvalue weighted by atomic mass is 19.1. The summed E-state index contributed by atoms with van der Waals surface area (Å²) in [5, 5.41) is 16.2. The fraction of sp³-hybridized carbons (Fsp3) is 0.389. The Hall–Kier alpha value is -2.70. The standard InChI is InChI=1S/C18H22FN3O3/c1-11-16(12(2)22(3)21-11)10-20-17(23)8-14(9-18(24)25)13-4-6-15(19)7-5-13/h4-7,14H,8-10H2,1-3H3,(H,20,23)(H,24,25)/t14-/m0/s1. The van der Waals surface area contributed by atoms with Crippen LogP contribution in [0.25, 0.3) is 0 Å². The van der Waals surface area contributed by atoms with Gasteiger partial charge in [0.2, 0.25) is 5.91 Å². The smallest absolute Gasteiger partial charge is 0.303 e. The zero-order chi connectivity index (χ0) is 18.6. The average Bonchev–Trinajstić information content (AvgIpc) is 2.78. The van der Waals surface area contributed by atoms with Gasteiger partial charge in [-0.1, -0.05) is 12.1 Å². The molecule has 134 valence electrons. The highest BCUT2D eigenvalue weighted by Crippen LogP contribution is 2.24. The number of nitrogens with one attached hydrogen (secondary N) is 1. The molecule has 0 bridgehead atoms. The molecule has 0 spiro atoms. The fourth-order valence-corrected chi connectivity index (χ4v) is 2.81. The molecule has 7 heteroatoms. The van der Waals surface area contributed by atoms with Crippen molar-refractivity contribution in [2.45, 2.75) is 39.2 Å². The van der Waals surface area contributed by atoms with Crippen molar-refractivity contribution in [2.24, 2.45) is 7.05 Å². The third-order valence-corrected chi connectivity index (χ3v) is 4.32. The van der Waals surface area contributed by atoms with Gasteiger partial charge in [0.1, 0.15) is 5.82 Å². The molecule has 0 aliphatic rings. The first kappa shape index (κ1) is 18.6. The number of hydrogen-bond donors (Lipinski definition) is 2. The SMILES string of the molecule is Cc1nn(C)c(C)c1CNC(=O)C[C@@H](CC(=O)O)c1ccc(F)cc1. The van der Waals surface area contributed by atoms with Gasteiger partial charge in [0, 0.05) is 37.2 Å². The number of carbonyl (C=O) groups excluding carboxylic acids is 1. The van der Waals surface area contributed by atoms with E-state index in [9.17, 15) is 14.0 Å². The Kier molecular flexibility index (Phi) is 5.90. The molecule has 0 saturated heterocycles. The molecule has 1 aromatic carbocycles. The second-order valence-corrected chi connectivity index (χ2v) is 6.10. The van der Waals surface area contributed by atoms with E-state index in [4.69, 9.17) is 5.11 Å². The van der Waals surface area contributed by atoms with Crippen LogP contribution >= 0.6 is 0 Å².